The zero-order valence-electron chi connectivity index (χ0n) is 8.75. The molecule has 17 heavy (non-hydrogen) atoms. The Hall–Kier alpha value is -0.557. The van der Waals surface area contributed by atoms with Crippen LogP contribution in [0, 0.1) is 26.2 Å². The number of rotatable bonds is 2. The molecule has 1 saturated heterocycles. The monoisotopic (exact) mass is 439 g/mol. The van der Waals surface area contributed by atoms with Crippen LogP contribution < -0.4 is 11.2 Å². The van der Waals surface area contributed by atoms with Gasteiger partial charge in [0.1, 0.15) is 12.3 Å². The van der Waals surface area contributed by atoms with Crippen molar-refractivity contribution < 1.29 is 41.2 Å². The first-order valence-electron chi connectivity index (χ1n) is 4.87. The van der Waals surface area contributed by atoms with Crippen molar-refractivity contribution in [3.8, 4) is 0 Å². The van der Waals surface area contributed by atoms with Crippen LogP contribution in [0.2, 0.25) is 0 Å². The topological polar surface area (TPSA) is 105 Å². The van der Waals surface area contributed by atoms with Gasteiger partial charge < -0.3 is 14.9 Å². The second-order valence-electron chi connectivity index (χ2n) is 3.63. The number of nitrogens with zero attached hydrogens (tertiary/aromatic N) is 1. The SMILES string of the molecule is O=c1ccn([C@H]2C[C@H](O)[C@@H](CO)O2)c(=O)[nH]1.[211At]. The van der Waals surface area contributed by atoms with Crippen molar-refractivity contribution in [2.45, 2.75) is 24.9 Å². The molecule has 0 amide bonds. The quantitative estimate of drug-likeness (QED) is 0.504. The zero-order chi connectivity index (χ0) is 11.7. The van der Waals surface area contributed by atoms with E-state index in [0.717, 1.165) is 0 Å². The van der Waals surface area contributed by atoms with Gasteiger partial charge in [-0.2, -0.15) is 0 Å². The number of H-pyrrole nitrogens is 1. The van der Waals surface area contributed by atoms with Gasteiger partial charge in [0.25, 0.3) is 5.56 Å². The van der Waals surface area contributed by atoms with Crippen molar-refractivity contribution in [2.75, 3.05) is 6.61 Å². The Morgan fingerprint density at radius 3 is 2.76 bits per heavy atom. The number of aromatic nitrogens is 2. The van der Waals surface area contributed by atoms with Crippen molar-refractivity contribution in [3.05, 3.63) is 33.1 Å². The van der Waals surface area contributed by atoms with E-state index < -0.39 is 29.7 Å². The van der Waals surface area contributed by atoms with E-state index in [1.54, 1.807) is 0 Å². The molecule has 0 saturated carbocycles. The Kier molecular flexibility index (Phi) is 5.00. The first kappa shape index (κ1) is 14.5. The summed E-state index contributed by atoms with van der Waals surface area (Å²) in [4.78, 5) is 24.3. The predicted molar refractivity (Wildman–Crippen MR) is 52.9 cm³/mol. The van der Waals surface area contributed by atoms with Crippen LogP contribution in [0.25, 0.3) is 0 Å². The maximum absolute atomic E-state index is 11.4. The second kappa shape index (κ2) is 5.86. The minimum Gasteiger partial charge on any atom is -0.394 e. The second-order valence-corrected chi connectivity index (χ2v) is 3.63. The summed E-state index contributed by atoms with van der Waals surface area (Å²) >= 11 is 0. The van der Waals surface area contributed by atoms with Gasteiger partial charge >= 0.3 is 5.69 Å². The molecule has 1 radical (unpaired) electrons. The molecule has 1 aliphatic rings. The standard InChI is InChI=1S/C9H12N2O5.At/c12-4-6-5(13)3-8(16-6)11-2-1-7(14)10-9(11)15;/h1-2,5-6,8,12-13H,3-4H2,(H,10,14,15);/t5-,6+,8+;/m0./s1/i;1+1. The molecule has 1 aromatic rings. The predicted octanol–water partition coefficient (Wildman–Crippen LogP) is -1.82. The molecule has 0 aromatic carbocycles. The fourth-order valence-electron chi connectivity index (χ4n) is 1.70. The molecule has 2 heterocycles. The fraction of sp³-hybridized carbons (Fsp3) is 0.556. The van der Waals surface area contributed by atoms with Gasteiger partial charge in [0.2, 0.25) is 0 Å². The van der Waals surface area contributed by atoms with Gasteiger partial charge in [0.05, 0.1) is 12.7 Å². The van der Waals surface area contributed by atoms with Crippen LogP contribution >= 0.6 is 0 Å². The van der Waals surface area contributed by atoms with Crippen LogP contribution in [0.1, 0.15) is 12.6 Å². The molecule has 95 valence electrons. The number of ether oxygens (including phenoxy) is 1. The van der Waals surface area contributed by atoms with Crippen LogP contribution in [0.4, 0.5) is 0 Å². The average Bonchev–Trinajstić information content (AvgIpc) is 2.59. The van der Waals surface area contributed by atoms with Crippen molar-refractivity contribution >= 4 is 0 Å². The Morgan fingerprint density at radius 2 is 2.24 bits per heavy atom. The number of aromatic amines is 1. The van der Waals surface area contributed by atoms with E-state index >= 15 is 0 Å². The number of hydrogen-bond donors (Lipinski definition) is 3. The Bertz CT molecular complexity index is 485. The van der Waals surface area contributed by atoms with Crippen molar-refractivity contribution in [3.63, 3.8) is 0 Å². The van der Waals surface area contributed by atoms with E-state index in [1.165, 1.54) is 16.8 Å². The van der Waals surface area contributed by atoms with E-state index in [2.05, 4.69) is 4.98 Å². The normalized spacial score (nSPS) is 27.8. The van der Waals surface area contributed by atoms with Gasteiger partial charge in [0, 0.05) is 44.9 Å². The Labute approximate surface area is 115 Å². The Balaban J connectivity index is 0.00000144. The molecule has 3 N–H and O–H groups in total. The first-order chi connectivity index (χ1) is 7.61. The molecule has 7 nitrogen and oxygen atoms in total. The van der Waals surface area contributed by atoms with Gasteiger partial charge in [0.15, 0.2) is 0 Å². The minimum atomic E-state index is -0.811. The molecule has 1 fully saturated rings. The van der Waals surface area contributed by atoms with E-state index in [-0.39, 0.29) is 39.2 Å². The van der Waals surface area contributed by atoms with E-state index in [9.17, 15) is 14.7 Å². The van der Waals surface area contributed by atoms with Crippen LogP contribution in [0.15, 0.2) is 21.9 Å². The molecule has 1 aliphatic heterocycles. The zero-order valence-corrected chi connectivity index (χ0v) is 11.7. The molecule has 3 atom stereocenters. The largest absolute Gasteiger partial charge is 0.394 e. The van der Waals surface area contributed by atoms with Crippen LogP contribution in [0.5, 0.6) is 0 Å². The summed E-state index contributed by atoms with van der Waals surface area (Å²) in [5.74, 6) is 0. The van der Waals surface area contributed by atoms with Crippen molar-refractivity contribution in [1.29, 1.82) is 0 Å². The van der Waals surface area contributed by atoms with Crippen LogP contribution in [-0.4, -0.2) is 38.6 Å². The number of nitrogens with one attached hydrogen (secondary N) is 1. The molecule has 0 spiro atoms. The van der Waals surface area contributed by atoms with Gasteiger partial charge in [-0.1, -0.05) is 0 Å². The van der Waals surface area contributed by atoms with Crippen molar-refractivity contribution in [2.24, 2.45) is 0 Å². The Morgan fingerprint density at radius 1 is 1.53 bits per heavy atom. The molecule has 2 rings (SSSR count). The maximum atomic E-state index is 11.4. The summed E-state index contributed by atoms with van der Waals surface area (Å²) in [5.41, 5.74) is -1.08. The van der Waals surface area contributed by atoms with Crippen molar-refractivity contribution in [1.82, 2.24) is 9.55 Å². The van der Waals surface area contributed by atoms with E-state index in [0.29, 0.717) is 0 Å². The maximum Gasteiger partial charge on any atom is 0.330 e. The number of hydrogen-bond acceptors (Lipinski definition) is 5. The smallest absolute Gasteiger partial charge is 0.330 e. The van der Waals surface area contributed by atoms with Gasteiger partial charge in [-0.25, -0.2) is 4.79 Å². The third-order valence-electron chi connectivity index (χ3n) is 2.55. The first-order valence-corrected chi connectivity index (χ1v) is 4.87. The van der Waals surface area contributed by atoms with Gasteiger partial charge in [-0.05, 0) is 0 Å². The van der Waals surface area contributed by atoms with E-state index in [1.807, 2.05) is 0 Å². The molecule has 0 unspecified atom stereocenters. The molecule has 0 aliphatic carbocycles. The van der Waals surface area contributed by atoms with Crippen LogP contribution in [-0.2, 0) is 4.74 Å². The number of aliphatic hydroxyl groups excluding tert-OH is 2. The molecule has 1 aromatic heterocycles. The average molecular weight is 439 g/mol. The van der Waals surface area contributed by atoms with Crippen LogP contribution in [0.3, 0.4) is 0 Å². The molecule has 8 heteroatoms. The number of aliphatic hydroxyl groups is 2. The molecular formula is C9H12AtN2O5. The molecular weight excluding hydrogens is 427 g/mol. The summed E-state index contributed by atoms with van der Waals surface area (Å²) in [6.07, 6.45) is -0.649. The minimum absolute atomic E-state index is 0. The fourth-order valence-corrected chi connectivity index (χ4v) is 1.70. The summed E-state index contributed by atoms with van der Waals surface area (Å²) < 4.78 is 6.45. The summed E-state index contributed by atoms with van der Waals surface area (Å²) in [6, 6.07) is 1.20. The molecule has 0 bridgehead atoms. The van der Waals surface area contributed by atoms with Gasteiger partial charge in [-0.3, -0.25) is 14.3 Å². The summed E-state index contributed by atoms with van der Waals surface area (Å²) in [5, 5.41) is 18.4. The van der Waals surface area contributed by atoms with E-state index in [4.69, 9.17) is 9.84 Å². The third-order valence-corrected chi connectivity index (χ3v) is 2.55. The van der Waals surface area contributed by atoms with Gasteiger partial charge in [-0.15, -0.1) is 0 Å². The summed E-state index contributed by atoms with van der Waals surface area (Å²) in [6.45, 7) is -0.310. The summed E-state index contributed by atoms with van der Waals surface area (Å²) in [7, 11) is 0. The third kappa shape index (κ3) is 3.01.